The molecule has 2 fully saturated rings. The molecule has 0 radical (unpaired) electrons. The molecular formula is C31H38N4O5S2. The van der Waals surface area contributed by atoms with Gasteiger partial charge >= 0.3 is 0 Å². The number of piperidine rings is 1. The van der Waals surface area contributed by atoms with Crippen molar-refractivity contribution in [3.8, 4) is 5.75 Å². The summed E-state index contributed by atoms with van der Waals surface area (Å²) >= 11 is 0. The van der Waals surface area contributed by atoms with Crippen LogP contribution in [0, 0.1) is 13.8 Å². The van der Waals surface area contributed by atoms with Crippen molar-refractivity contribution in [2.45, 2.75) is 49.1 Å². The van der Waals surface area contributed by atoms with Crippen LogP contribution in [0.4, 0.5) is 0 Å². The highest BCUT2D eigenvalue weighted by Gasteiger charge is 2.43. The van der Waals surface area contributed by atoms with E-state index in [1.807, 2.05) is 30.9 Å². The van der Waals surface area contributed by atoms with Crippen molar-refractivity contribution in [2.24, 2.45) is 4.40 Å². The van der Waals surface area contributed by atoms with Crippen molar-refractivity contribution in [2.75, 3.05) is 39.8 Å². The molecule has 2 saturated heterocycles. The summed E-state index contributed by atoms with van der Waals surface area (Å²) in [4.78, 5) is 4.34. The van der Waals surface area contributed by atoms with E-state index in [0.29, 0.717) is 23.7 Å². The molecule has 0 aromatic heterocycles. The fraction of sp³-hybridized carbons (Fsp3) is 0.387. The summed E-state index contributed by atoms with van der Waals surface area (Å²) < 4.78 is 66.6. The highest BCUT2D eigenvalue weighted by molar-refractivity contribution is 7.90. The quantitative estimate of drug-likeness (QED) is 0.272. The summed E-state index contributed by atoms with van der Waals surface area (Å²) in [5, 5.41) is 0. The van der Waals surface area contributed by atoms with Crippen molar-refractivity contribution in [3.05, 3.63) is 89.5 Å². The Morgan fingerprint density at radius 3 is 1.90 bits per heavy atom. The van der Waals surface area contributed by atoms with Crippen LogP contribution in [0.3, 0.4) is 0 Å². The smallest absolute Gasteiger partial charge is 0.283 e. The standard InChI is InChI=1S/C31H38N4O5S2/c1-24-7-15-28(16-8-24)41(36,37)32-30(23-33-19-5-4-6-20-33)34-21-22-35(31(34)26-11-13-27(40-3)14-12-26)42(38,39)29-17-9-25(2)10-18-29/h7-18,31H,4-6,19-23H2,1-3H3/b32-30-. The Morgan fingerprint density at radius 2 is 1.33 bits per heavy atom. The zero-order valence-corrected chi connectivity index (χ0v) is 25.9. The van der Waals surface area contributed by atoms with Gasteiger partial charge in [0.25, 0.3) is 10.0 Å². The number of hydrogen-bond donors (Lipinski definition) is 0. The van der Waals surface area contributed by atoms with Crippen molar-refractivity contribution in [1.82, 2.24) is 14.1 Å². The number of benzene rings is 3. The van der Waals surface area contributed by atoms with E-state index in [2.05, 4.69) is 9.30 Å². The Hall–Kier alpha value is -3.25. The van der Waals surface area contributed by atoms with Crippen molar-refractivity contribution >= 4 is 25.9 Å². The van der Waals surface area contributed by atoms with Crippen LogP contribution in [-0.4, -0.2) is 76.6 Å². The maximum Gasteiger partial charge on any atom is 0.283 e. The molecule has 1 atom stereocenters. The van der Waals surface area contributed by atoms with Crippen LogP contribution in [-0.2, 0) is 20.0 Å². The molecule has 9 nitrogen and oxygen atoms in total. The predicted molar refractivity (Wildman–Crippen MR) is 164 cm³/mol. The Kier molecular flexibility index (Phi) is 9.03. The third-order valence-electron chi connectivity index (χ3n) is 7.86. The number of amidine groups is 1. The van der Waals surface area contributed by atoms with E-state index in [9.17, 15) is 16.8 Å². The summed E-state index contributed by atoms with van der Waals surface area (Å²) in [5.74, 6) is 0.972. The number of sulfonamides is 2. The zero-order valence-electron chi connectivity index (χ0n) is 24.3. The van der Waals surface area contributed by atoms with Crippen molar-refractivity contribution in [1.29, 1.82) is 0 Å². The molecule has 0 spiro atoms. The van der Waals surface area contributed by atoms with E-state index < -0.39 is 26.2 Å². The van der Waals surface area contributed by atoms with Gasteiger partial charge in [-0.3, -0.25) is 4.90 Å². The normalized spacial score (nSPS) is 19.3. The topological polar surface area (TPSA) is 99.6 Å². The molecule has 1 unspecified atom stereocenters. The molecule has 0 saturated carbocycles. The van der Waals surface area contributed by atoms with Gasteiger partial charge in [0.2, 0.25) is 10.0 Å². The monoisotopic (exact) mass is 610 g/mol. The highest BCUT2D eigenvalue weighted by Crippen LogP contribution is 2.36. The van der Waals surface area contributed by atoms with Crippen LogP contribution in [0.1, 0.15) is 42.1 Å². The maximum atomic E-state index is 14.1. The molecule has 42 heavy (non-hydrogen) atoms. The third kappa shape index (κ3) is 6.54. The lowest BCUT2D eigenvalue weighted by Crippen LogP contribution is -2.44. The van der Waals surface area contributed by atoms with Crippen molar-refractivity contribution < 1.29 is 21.6 Å². The van der Waals surface area contributed by atoms with Gasteiger partial charge < -0.3 is 9.64 Å². The zero-order chi connectivity index (χ0) is 29.9. The third-order valence-corrected chi connectivity index (χ3v) is 11.0. The van der Waals surface area contributed by atoms with E-state index in [1.54, 1.807) is 67.8 Å². The summed E-state index contributed by atoms with van der Waals surface area (Å²) in [6.07, 6.45) is 2.38. The number of ether oxygens (including phenoxy) is 1. The molecule has 0 bridgehead atoms. The van der Waals surface area contributed by atoms with E-state index in [-0.39, 0.29) is 22.9 Å². The summed E-state index contributed by atoms with van der Waals surface area (Å²) in [6.45, 7) is 6.23. The minimum atomic E-state index is -4.06. The molecule has 5 rings (SSSR count). The molecule has 11 heteroatoms. The first kappa shape index (κ1) is 30.2. The van der Waals surface area contributed by atoms with E-state index >= 15 is 0 Å². The van der Waals surface area contributed by atoms with Gasteiger partial charge in [0.05, 0.1) is 23.4 Å². The highest BCUT2D eigenvalue weighted by atomic mass is 32.2. The second-order valence-electron chi connectivity index (χ2n) is 10.9. The average Bonchev–Trinajstić information content (AvgIpc) is 3.44. The van der Waals surface area contributed by atoms with Gasteiger partial charge in [0.1, 0.15) is 17.8 Å². The number of methoxy groups -OCH3 is 1. The Bertz CT molecular complexity index is 1620. The first-order chi connectivity index (χ1) is 20.1. The van der Waals surface area contributed by atoms with Crippen LogP contribution in [0.15, 0.2) is 87.0 Å². The molecule has 2 heterocycles. The molecule has 224 valence electrons. The molecule has 0 aliphatic carbocycles. The van der Waals surface area contributed by atoms with E-state index in [0.717, 1.165) is 43.5 Å². The summed E-state index contributed by atoms with van der Waals surface area (Å²) in [5.41, 5.74) is 2.60. The molecule has 2 aliphatic heterocycles. The number of rotatable bonds is 8. The van der Waals surface area contributed by atoms with Gasteiger partial charge in [-0.2, -0.15) is 12.7 Å². The molecular weight excluding hydrogens is 572 g/mol. The lowest BCUT2D eigenvalue weighted by atomic mass is 10.1. The Balaban J connectivity index is 1.61. The van der Waals surface area contributed by atoms with Crippen LogP contribution in [0.25, 0.3) is 0 Å². The number of nitrogens with zero attached hydrogens (tertiary/aromatic N) is 4. The first-order valence-corrected chi connectivity index (χ1v) is 17.1. The van der Waals surface area contributed by atoms with Crippen LogP contribution in [0.2, 0.25) is 0 Å². The van der Waals surface area contributed by atoms with Gasteiger partial charge in [0, 0.05) is 13.1 Å². The fourth-order valence-corrected chi connectivity index (χ4v) is 8.08. The minimum Gasteiger partial charge on any atom is -0.497 e. The van der Waals surface area contributed by atoms with Crippen LogP contribution >= 0.6 is 0 Å². The molecule has 0 amide bonds. The van der Waals surface area contributed by atoms with Gasteiger partial charge in [-0.25, -0.2) is 8.42 Å². The number of aryl methyl sites for hydroxylation is 2. The molecule has 0 N–H and O–H groups in total. The second kappa shape index (κ2) is 12.5. The molecule has 2 aliphatic rings. The van der Waals surface area contributed by atoms with Gasteiger partial charge in [-0.1, -0.05) is 53.9 Å². The minimum absolute atomic E-state index is 0.105. The summed E-state index contributed by atoms with van der Waals surface area (Å²) in [7, 11) is -6.41. The molecule has 3 aromatic rings. The maximum absolute atomic E-state index is 14.1. The second-order valence-corrected chi connectivity index (χ2v) is 14.4. The van der Waals surface area contributed by atoms with Crippen molar-refractivity contribution in [3.63, 3.8) is 0 Å². The van der Waals surface area contributed by atoms with Crippen LogP contribution < -0.4 is 4.74 Å². The van der Waals surface area contributed by atoms with E-state index in [1.165, 1.54) is 4.31 Å². The van der Waals surface area contributed by atoms with Crippen LogP contribution in [0.5, 0.6) is 5.75 Å². The van der Waals surface area contributed by atoms with Gasteiger partial charge in [-0.05, 0) is 81.7 Å². The first-order valence-electron chi connectivity index (χ1n) is 14.2. The lowest BCUT2D eigenvalue weighted by Gasteiger charge is -2.35. The lowest BCUT2D eigenvalue weighted by molar-refractivity contribution is 0.234. The largest absolute Gasteiger partial charge is 0.497 e. The molecule has 3 aromatic carbocycles. The number of hydrogen-bond acceptors (Lipinski definition) is 6. The number of likely N-dealkylation sites (tertiary alicyclic amines) is 1. The van der Waals surface area contributed by atoms with E-state index in [4.69, 9.17) is 4.74 Å². The Labute approximate surface area is 249 Å². The van der Waals surface area contributed by atoms with Gasteiger partial charge in [0.15, 0.2) is 0 Å². The van der Waals surface area contributed by atoms with Gasteiger partial charge in [-0.15, -0.1) is 4.40 Å². The summed E-state index contributed by atoms with van der Waals surface area (Å²) in [6, 6.07) is 20.6. The fourth-order valence-electron chi connectivity index (χ4n) is 5.49. The predicted octanol–water partition coefficient (Wildman–Crippen LogP) is 4.59. The average molecular weight is 611 g/mol. The SMILES string of the molecule is COc1ccc(C2N(/C(CN3CCCCC3)=N\S(=O)(=O)c3ccc(C)cc3)CCN2S(=O)(=O)c2ccc(C)cc2)cc1. The Morgan fingerprint density at radius 1 is 0.762 bits per heavy atom.